The lowest BCUT2D eigenvalue weighted by molar-refractivity contribution is -0.140. The van der Waals surface area contributed by atoms with Crippen LogP contribution in [0.25, 0.3) is 0 Å². The average molecular weight is 199 g/mol. The fraction of sp³-hybridized carbons (Fsp3) is 0.250. The highest BCUT2D eigenvalue weighted by Gasteiger charge is 2.37. The van der Waals surface area contributed by atoms with Gasteiger partial charge < -0.3 is 5.48 Å². The molecular formula is C4H4F3N3O3. The minimum Gasteiger partial charge on any atom is -0.412 e. The molecule has 0 aromatic carbocycles. The summed E-state index contributed by atoms with van der Waals surface area (Å²) in [6.07, 6.45) is -4.78. The molecule has 1 aromatic heterocycles. The fourth-order valence-corrected chi connectivity index (χ4v) is 0.643. The van der Waals surface area contributed by atoms with Crippen molar-refractivity contribution >= 4 is 5.69 Å². The summed E-state index contributed by atoms with van der Waals surface area (Å²) >= 11 is 0. The van der Waals surface area contributed by atoms with Gasteiger partial charge in [-0.15, -0.1) is 4.91 Å². The highest BCUT2D eigenvalue weighted by molar-refractivity contribution is 5.40. The van der Waals surface area contributed by atoms with E-state index in [4.69, 9.17) is 0 Å². The van der Waals surface area contributed by atoms with Crippen molar-refractivity contribution in [1.29, 1.82) is 0 Å². The highest BCUT2D eigenvalue weighted by Crippen LogP contribution is 2.31. The lowest BCUT2D eigenvalue weighted by atomic mass is 10.4. The highest BCUT2D eigenvalue weighted by atomic mass is 19.4. The summed E-state index contributed by atoms with van der Waals surface area (Å²) < 4.78 is 35.6. The molecule has 1 rings (SSSR count). The molecule has 0 saturated heterocycles. The fourth-order valence-electron chi connectivity index (χ4n) is 0.643. The van der Waals surface area contributed by atoms with E-state index in [0.29, 0.717) is 0 Å². The molecule has 0 radical (unpaired) electrons. The maximum absolute atomic E-state index is 11.9. The third kappa shape index (κ3) is 1.93. The molecule has 4 N–H and O–H groups in total. The van der Waals surface area contributed by atoms with Crippen molar-refractivity contribution in [2.75, 3.05) is 0 Å². The van der Waals surface area contributed by atoms with E-state index in [1.807, 2.05) is 5.18 Å². The summed E-state index contributed by atoms with van der Waals surface area (Å²) in [5.41, 5.74) is -3.82. The molecule has 0 saturated carbocycles. The Morgan fingerprint density at radius 3 is 2.08 bits per heavy atom. The van der Waals surface area contributed by atoms with E-state index in [1.165, 1.54) is 5.10 Å². The molecule has 74 valence electrons. The molecule has 1 heterocycles. The molecule has 1 aromatic rings. The zero-order valence-electron chi connectivity index (χ0n) is 5.90. The van der Waals surface area contributed by atoms with Crippen LogP contribution in [0.4, 0.5) is 18.9 Å². The lowest BCUT2D eigenvalue weighted by Gasteiger charge is -2.00. The Hall–Kier alpha value is -1.64. The quantitative estimate of drug-likeness (QED) is 0.633. The first-order valence-electron chi connectivity index (χ1n) is 2.68. The van der Waals surface area contributed by atoms with Gasteiger partial charge in [0.05, 0.1) is 0 Å². The largest absolute Gasteiger partial charge is 0.435 e. The van der Waals surface area contributed by atoms with E-state index in [-0.39, 0.29) is 5.48 Å². The number of aromatic amines is 2. The topological polar surface area (TPSA) is 110 Å². The van der Waals surface area contributed by atoms with Crippen LogP contribution in [0, 0.1) is 4.91 Å². The van der Waals surface area contributed by atoms with Gasteiger partial charge in [0.25, 0.3) is 5.56 Å². The van der Waals surface area contributed by atoms with Crippen molar-refractivity contribution in [1.82, 2.24) is 10.2 Å². The first-order valence-corrected chi connectivity index (χ1v) is 2.68. The number of aromatic nitrogens is 2. The number of H-pyrrole nitrogens is 2. The summed E-state index contributed by atoms with van der Waals surface area (Å²) in [6, 6.07) is 0. The minimum atomic E-state index is -4.78. The molecule has 0 fully saturated rings. The number of alkyl halides is 3. The van der Waals surface area contributed by atoms with Gasteiger partial charge in [0.2, 0.25) is 5.69 Å². The number of hydrogen-bond donors (Lipinski definition) is 2. The summed E-state index contributed by atoms with van der Waals surface area (Å²) in [6.45, 7) is 0. The van der Waals surface area contributed by atoms with Crippen LogP contribution < -0.4 is 5.56 Å². The molecule has 9 heteroatoms. The van der Waals surface area contributed by atoms with Crippen LogP contribution in [-0.2, 0) is 6.18 Å². The van der Waals surface area contributed by atoms with Gasteiger partial charge in [-0.2, -0.15) is 13.2 Å². The Morgan fingerprint density at radius 2 is 1.77 bits per heavy atom. The summed E-state index contributed by atoms with van der Waals surface area (Å²) in [5.74, 6) is 0. The van der Waals surface area contributed by atoms with Crippen LogP contribution in [0.3, 0.4) is 0 Å². The Morgan fingerprint density at radius 1 is 1.23 bits per heavy atom. The van der Waals surface area contributed by atoms with Crippen molar-refractivity contribution in [3.05, 3.63) is 21.0 Å². The van der Waals surface area contributed by atoms with E-state index in [9.17, 15) is 22.9 Å². The van der Waals surface area contributed by atoms with Crippen LogP contribution in [0.2, 0.25) is 0 Å². The number of halogens is 3. The van der Waals surface area contributed by atoms with E-state index < -0.39 is 23.1 Å². The second-order valence-electron chi connectivity index (χ2n) is 1.89. The van der Waals surface area contributed by atoms with Gasteiger partial charge in [0, 0.05) is 0 Å². The van der Waals surface area contributed by atoms with Gasteiger partial charge in [0.1, 0.15) is 0 Å². The first-order chi connectivity index (χ1) is 5.46. The van der Waals surface area contributed by atoms with Gasteiger partial charge in [-0.05, 0) is 5.18 Å². The third-order valence-electron chi connectivity index (χ3n) is 1.13. The predicted molar refractivity (Wildman–Crippen MR) is 35.5 cm³/mol. The zero-order valence-corrected chi connectivity index (χ0v) is 5.90. The van der Waals surface area contributed by atoms with Crippen molar-refractivity contribution in [2.24, 2.45) is 5.18 Å². The monoisotopic (exact) mass is 199 g/mol. The SMILES string of the molecule is O.O=Nc1c(C(F)(F)F)[nH][nH]c1=O. The number of rotatable bonds is 1. The molecule has 0 amide bonds. The van der Waals surface area contributed by atoms with Gasteiger partial charge in [-0.25, -0.2) is 0 Å². The molecular weight excluding hydrogens is 195 g/mol. The van der Waals surface area contributed by atoms with Gasteiger partial charge in [-0.3, -0.25) is 15.0 Å². The number of hydrogen-bond acceptors (Lipinski definition) is 3. The molecule has 6 nitrogen and oxygen atoms in total. The van der Waals surface area contributed by atoms with Crippen LogP contribution in [-0.4, -0.2) is 15.7 Å². The van der Waals surface area contributed by atoms with E-state index in [1.54, 1.807) is 5.10 Å². The zero-order chi connectivity index (χ0) is 9.35. The first kappa shape index (κ1) is 11.4. The Bertz CT molecular complexity index is 351. The second-order valence-corrected chi connectivity index (χ2v) is 1.89. The third-order valence-corrected chi connectivity index (χ3v) is 1.13. The van der Waals surface area contributed by atoms with Gasteiger partial charge in [-0.1, -0.05) is 0 Å². The minimum absolute atomic E-state index is 0. The Labute approximate surface area is 68.0 Å². The molecule has 0 atom stereocenters. The molecule has 0 aliphatic carbocycles. The number of nitroso groups, excluding NO2 is 1. The van der Waals surface area contributed by atoms with Crippen molar-refractivity contribution in [3.8, 4) is 0 Å². The molecule has 0 aliphatic rings. The smallest absolute Gasteiger partial charge is 0.412 e. The standard InChI is InChI=1S/C4H2F3N3O2.H2O/c5-4(6,7)2-1(10-12)3(11)9-8-2;/h(H2,8,9,11);1H2. The lowest BCUT2D eigenvalue weighted by Crippen LogP contribution is -2.06. The summed E-state index contributed by atoms with van der Waals surface area (Å²) in [4.78, 5) is 20.2. The predicted octanol–water partition coefficient (Wildman–Crippen LogP) is 0.295. The van der Waals surface area contributed by atoms with Crippen LogP contribution >= 0.6 is 0 Å². The second kappa shape index (κ2) is 3.39. The summed E-state index contributed by atoms with van der Waals surface area (Å²) in [5, 5.41) is 5.06. The summed E-state index contributed by atoms with van der Waals surface area (Å²) in [7, 11) is 0. The Balaban J connectivity index is 0.00000144. The maximum atomic E-state index is 11.9. The molecule has 0 unspecified atom stereocenters. The molecule has 0 aliphatic heterocycles. The average Bonchev–Trinajstić information content (AvgIpc) is 2.29. The molecule has 0 bridgehead atoms. The van der Waals surface area contributed by atoms with Crippen molar-refractivity contribution < 1.29 is 18.6 Å². The van der Waals surface area contributed by atoms with Crippen LogP contribution in [0.1, 0.15) is 5.69 Å². The van der Waals surface area contributed by atoms with Crippen LogP contribution in [0.5, 0.6) is 0 Å². The van der Waals surface area contributed by atoms with Crippen molar-refractivity contribution in [2.45, 2.75) is 6.18 Å². The Kier molecular flexibility index (Phi) is 2.96. The van der Waals surface area contributed by atoms with Crippen LogP contribution in [0.15, 0.2) is 9.97 Å². The normalized spacial score (nSPS) is 10.7. The molecule has 0 spiro atoms. The van der Waals surface area contributed by atoms with Crippen molar-refractivity contribution in [3.63, 3.8) is 0 Å². The number of nitrogens with one attached hydrogen (secondary N) is 2. The maximum Gasteiger partial charge on any atom is 0.435 e. The molecule has 13 heavy (non-hydrogen) atoms. The number of nitrogens with zero attached hydrogens (tertiary/aromatic N) is 1. The van der Waals surface area contributed by atoms with E-state index in [0.717, 1.165) is 0 Å². The van der Waals surface area contributed by atoms with E-state index in [2.05, 4.69) is 0 Å². The van der Waals surface area contributed by atoms with Gasteiger partial charge >= 0.3 is 6.18 Å². The van der Waals surface area contributed by atoms with Gasteiger partial charge in [0.15, 0.2) is 5.69 Å². The van der Waals surface area contributed by atoms with E-state index >= 15 is 0 Å².